The number of fused-ring (bicyclic) bond motifs is 4. The number of carbonyl (C=O) groups is 1. The fraction of sp³-hybridized carbons (Fsp3) is 0.227. The molecule has 1 unspecified atom stereocenters. The van der Waals surface area contributed by atoms with Crippen LogP contribution in [0.1, 0.15) is 30.2 Å². The molecule has 166 valence electrons. The van der Waals surface area contributed by atoms with Crippen molar-refractivity contribution < 1.29 is 18.6 Å². The number of aromatic nitrogens is 2. The summed E-state index contributed by atoms with van der Waals surface area (Å²) in [7, 11) is -1.52. The van der Waals surface area contributed by atoms with Crippen LogP contribution < -0.4 is 14.8 Å². The van der Waals surface area contributed by atoms with E-state index in [1.165, 1.54) is 6.07 Å². The lowest BCUT2D eigenvalue weighted by atomic mass is 9.87. The van der Waals surface area contributed by atoms with Crippen molar-refractivity contribution in [3.8, 4) is 17.6 Å². The van der Waals surface area contributed by atoms with E-state index in [9.17, 15) is 19.2 Å². The lowest BCUT2D eigenvalue weighted by molar-refractivity contribution is -0.122. The van der Waals surface area contributed by atoms with E-state index in [-0.39, 0.29) is 29.5 Å². The summed E-state index contributed by atoms with van der Waals surface area (Å²) in [5.41, 5.74) is 0.749. The first-order chi connectivity index (χ1) is 15.2. The maximum absolute atomic E-state index is 12.9. The molecule has 10 heteroatoms. The molecule has 2 heterocycles. The van der Waals surface area contributed by atoms with Gasteiger partial charge in [0.05, 0.1) is 28.7 Å². The van der Waals surface area contributed by atoms with Crippen molar-refractivity contribution >= 4 is 16.7 Å². The molecule has 1 aliphatic heterocycles. The second kappa shape index (κ2) is 8.29. The largest absolute Gasteiger partial charge is 0.456 e. The highest BCUT2D eigenvalue weighted by Gasteiger charge is 2.34. The molecule has 0 spiro atoms. The molecule has 0 fully saturated rings. The number of nitriles is 1. The molecule has 2 aromatic carbocycles. The second-order valence-electron chi connectivity index (χ2n) is 7.66. The van der Waals surface area contributed by atoms with Crippen molar-refractivity contribution in [3.05, 3.63) is 71.8 Å². The van der Waals surface area contributed by atoms with Crippen LogP contribution in [-0.2, 0) is 17.4 Å². The Labute approximate surface area is 187 Å². The van der Waals surface area contributed by atoms with Crippen LogP contribution in [0.3, 0.4) is 0 Å². The minimum atomic E-state index is -3.35. The molecule has 4 N–H and O–H groups in total. The molecule has 1 atom stereocenters. The zero-order valence-corrected chi connectivity index (χ0v) is 18.4. The zero-order chi connectivity index (χ0) is 22.9. The van der Waals surface area contributed by atoms with Gasteiger partial charge in [0.2, 0.25) is 5.91 Å². The molecular formula is C22H23N5O4S. The van der Waals surface area contributed by atoms with Crippen LogP contribution in [0.25, 0.3) is 0 Å². The van der Waals surface area contributed by atoms with Gasteiger partial charge in [0.1, 0.15) is 23.1 Å². The first kappa shape index (κ1) is 21.9. The van der Waals surface area contributed by atoms with Crippen molar-refractivity contribution in [1.29, 1.82) is 5.26 Å². The summed E-state index contributed by atoms with van der Waals surface area (Å²) >= 11 is 0. The van der Waals surface area contributed by atoms with Crippen LogP contribution in [0.5, 0.6) is 11.5 Å². The van der Waals surface area contributed by atoms with E-state index >= 15 is 0 Å². The van der Waals surface area contributed by atoms with E-state index in [1.54, 1.807) is 53.5 Å². The minimum absolute atomic E-state index is 0.0165. The summed E-state index contributed by atoms with van der Waals surface area (Å²) < 4.78 is 31.5. The third kappa shape index (κ3) is 4.06. The lowest BCUT2D eigenvalue weighted by Gasteiger charge is -2.35. The Kier molecular flexibility index (Phi) is 5.66. The average Bonchev–Trinajstić information content (AvgIpc) is 3.19. The van der Waals surface area contributed by atoms with E-state index in [1.807, 2.05) is 14.0 Å². The molecule has 1 aromatic heterocycles. The fourth-order valence-electron chi connectivity index (χ4n) is 3.71. The number of amides is 1. The van der Waals surface area contributed by atoms with Gasteiger partial charge in [0, 0.05) is 26.1 Å². The lowest BCUT2D eigenvalue weighted by Crippen LogP contribution is -2.46. The van der Waals surface area contributed by atoms with Gasteiger partial charge in [0.25, 0.3) is 0 Å². The zero-order valence-electron chi connectivity index (χ0n) is 17.6. The Hall–Kier alpha value is -3.36. The Balaban J connectivity index is 1.90. The van der Waals surface area contributed by atoms with Gasteiger partial charge in [-0.15, -0.1) is 10.8 Å². The third-order valence-corrected chi connectivity index (χ3v) is 6.93. The van der Waals surface area contributed by atoms with Crippen LogP contribution in [-0.4, -0.2) is 31.1 Å². The Morgan fingerprint density at radius 1 is 1.28 bits per heavy atom. The minimum Gasteiger partial charge on any atom is -0.456 e. The number of rotatable bonds is 1. The maximum Gasteiger partial charge on any atom is 0.222 e. The summed E-state index contributed by atoms with van der Waals surface area (Å²) in [6.07, 6.45) is 3.32. The number of nitrogens with zero attached hydrogens (tertiary/aromatic N) is 3. The molecule has 0 saturated carbocycles. The van der Waals surface area contributed by atoms with Crippen molar-refractivity contribution in [3.63, 3.8) is 0 Å². The van der Waals surface area contributed by atoms with Crippen molar-refractivity contribution in [2.24, 2.45) is 7.05 Å². The Bertz CT molecular complexity index is 1220. The fourth-order valence-corrected chi connectivity index (χ4v) is 4.81. The molecular weight excluding hydrogens is 430 g/mol. The molecule has 32 heavy (non-hydrogen) atoms. The summed E-state index contributed by atoms with van der Waals surface area (Å²) in [6, 6.07) is 13.6. The van der Waals surface area contributed by atoms with Crippen LogP contribution in [0.2, 0.25) is 0 Å². The summed E-state index contributed by atoms with van der Waals surface area (Å²) in [4.78, 5) is 17.3. The second-order valence-corrected chi connectivity index (χ2v) is 9.51. The monoisotopic (exact) mass is 453 g/mol. The predicted molar refractivity (Wildman–Crippen MR) is 119 cm³/mol. The standard InChI is InChI=1S/C22H23N5O4S/c1-22(20-13-24-14-27(20)2)16-7-6-15(12-23)19(10-16)31-17-4-3-5-18(11-17)32(29,30)25-9-8-21(28)26-22/h3-7,10-11,13-14,25,29-30H,8-9H2,1-2H3,(H,26,28). The first-order valence-electron chi connectivity index (χ1n) is 9.86. The van der Waals surface area contributed by atoms with Gasteiger partial charge in [-0.2, -0.15) is 5.26 Å². The number of ether oxygens (including phenoxy) is 1. The molecule has 3 aromatic rings. The van der Waals surface area contributed by atoms with Gasteiger partial charge in [-0.3, -0.25) is 13.9 Å². The Morgan fingerprint density at radius 2 is 2.09 bits per heavy atom. The topological polar surface area (TPSA) is 132 Å². The number of benzene rings is 2. The number of nitrogens with one attached hydrogen (secondary N) is 2. The van der Waals surface area contributed by atoms with Crippen LogP contribution in [0.4, 0.5) is 0 Å². The number of carbonyl (C=O) groups excluding carboxylic acids is 1. The third-order valence-electron chi connectivity index (χ3n) is 5.42. The average molecular weight is 454 g/mol. The molecule has 1 amide bonds. The van der Waals surface area contributed by atoms with Gasteiger partial charge in [0.15, 0.2) is 0 Å². The summed E-state index contributed by atoms with van der Waals surface area (Å²) in [5.74, 6) is 0.335. The van der Waals surface area contributed by atoms with Crippen molar-refractivity contribution in [2.75, 3.05) is 6.54 Å². The van der Waals surface area contributed by atoms with Crippen molar-refractivity contribution in [1.82, 2.24) is 19.6 Å². The van der Waals surface area contributed by atoms with Gasteiger partial charge in [-0.25, -0.2) is 9.71 Å². The molecule has 1 aliphatic rings. The van der Waals surface area contributed by atoms with Gasteiger partial charge < -0.3 is 14.6 Å². The normalized spacial score (nSPS) is 21.4. The molecule has 4 rings (SSSR count). The smallest absolute Gasteiger partial charge is 0.222 e. The molecule has 0 aliphatic carbocycles. The highest BCUT2D eigenvalue weighted by atomic mass is 32.3. The summed E-state index contributed by atoms with van der Waals surface area (Å²) in [5, 5.41) is 12.6. The number of aryl methyl sites for hydroxylation is 1. The maximum atomic E-state index is 12.9. The highest BCUT2D eigenvalue weighted by Crippen LogP contribution is 2.45. The SMILES string of the molecule is Cn1cncc1C1(C)NC(=O)CCNS(O)(O)c2cccc(c2)Oc2cc1ccc2C#N. The van der Waals surface area contributed by atoms with E-state index in [0.29, 0.717) is 16.9 Å². The quantitative estimate of drug-likeness (QED) is 0.443. The number of imidazole rings is 1. The number of hydrogen-bond acceptors (Lipinski definition) is 7. The highest BCUT2D eigenvalue weighted by molar-refractivity contribution is 8.22. The van der Waals surface area contributed by atoms with Gasteiger partial charge in [-0.05, 0) is 36.8 Å². The van der Waals surface area contributed by atoms with E-state index in [2.05, 4.69) is 21.1 Å². The summed E-state index contributed by atoms with van der Waals surface area (Å²) in [6.45, 7) is 1.90. The molecule has 4 bridgehead atoms. The first-order valence-corrected chi connectivity index (χ1v) is 11.4. The molecule has 0 radical (unpaired) electrons. The van der Waals surface area contributed by atoms with Crippen molar-refractivity contribution in [2.45, 2.75) is 23.8 Å². The van der Waals surface area contributed by atoms with Crippen LogP contribution >= 0.6 is 10.8 Å². The van der Waals surface area contributed by atoms with Gasteiger partial charge in [-0.1, -0.05) is 12.1 Å². The predicted octanol–water partition coefficient (Wildman–Crippen LogP) is 3.48. The van der Waals surface area contributed by atoms with Gasteiger partial charge >= 0.3 is 0 Å². The number of hydrogen-bond donors (Lipinski definition) is 4. The van der Waals surface area contributed by atoms with E-state index < -0.39 is 16.3 Å². The van der Waals surface area contributed by atoms with Crippen LogP contribution in [0, 0.1) is 11.3 Å². The van der Waals surface area contributed by atoms with E-state index in [4.69, 9.17) is 4.74 Å². The van der Waals surface area contributed by atoms with Crippen LogP contribution in [0.15, 0.2) is 59.9 Å². The molecule has 9 nitrogen and oxygen atoms in total. The Morgan fingerprint density at radius 3 is 2.81 bits per heavy atom. The molecule has 0 saturated heterocycles. The van der Waals surface area contributed by atoms with E-state index in [0.717, 1.165) is 5.69 Å².